The van der Waals surface area contributed by atoms with Crippen LogP contribution in [0.3, 0.4) is 0 Å². The van der Waals surface area contributed by atoms with Crippen molar-refractivity contribution in [2.24, 2.45) is 0 Å². The van der Waals surface area contributed by atoms with Crippen LogP contribution in [0.5, 0.6) is 5.75 Å². The van der Waals surface area contributed by atoms with E-state index in [1.165, 1.54) is 6.07 Å². The van der Waals surface area contributed by atoms with E-state index in [0.717, 1.165) is 12.1 Å². The molecule has 0 aliphatic heterocycles. The number of carbonyl (C=O) groups is 1. The van der Waals surface area contributed by atoms with Gasteiger partial charge in [0.05, 0.1) is 16.7 Å². The highest BCUT2D eigenvalue weighted by atomic mass is 19.4. The van der Waals surface area contributed by atoms with Crippen LogP contribution in [0.4, 0.5) is 37.7 Å². The molecule has 2 aromatic carbocycles. The number of amides is 1. The third kappa shape index (κ3) is 4.34. The molecule has 2 rings (SSSR count). The van der Waals surface area contributed by atoms with Crippen LogP contribution in [0.1, 0.15) is 21.5 Å². The van der Waals surface area contributed by atoms with E-state index in [1.807, 2.05) is 5.32 Å². The number of rotatable bonds is 2. The molecular formula is C15H10F6N2O2. The van der Waals surface area contributed by atoms with Gasteiger partial charge in [0.25, 0.3) is 5.91 Å². The molecule has 0 fully saturated rings. The van der Waals surface area contributed by atoms with Crippen molar-refractivity contribution in [2.75, 3.05) is 11.1 Å². The molecule has 0 radical (unpaired) electrons. The lowest BCUT2D eigenvalue weighted by Crippen LogP contribution is -2.16. The number of nitrogens with two attached hydrogens (primary N) is 1. The van der Waals surface area contributed by atoms with Crippen molar-refractivity contribution in [1.82, 2.24) is 0 Å². The van der Waals surface area contributed by atoms with Crippen molar-refractivity contribution >= 4 is 17.3 Å². The Morgan fingerprint density at radius 2 is 1.44 bits per heavy atom. The summed E-state index contributed by atoms with van der Waals surface area (Å²) in [6.45, 7) is 0. The van der Waals surface area contributed by atoms with Crippen molar-refractivity contribution in [1.29, 1.82) is 0 Å². The number of hydrogen-bond acceptors (Lipinski definition) is 3. The number of benzene rings is 2. The van der Waals surface area contributed by atoms with Gasteiger partial charge in [-0.2, -0.15) is 26.3 Å². The second kappa shape index (κ2) is 6.19. The molecule has 0 aromatic heterocycles. The van der Waals surface area contributed by atoms with Gasteiger partial charge in [-0.15, -0.1) is 0 Å². The van der Waals surface area contributed by atoms with E-state index in [4.69, 9.17) is 5.73 Å². The minimum atomic E-state index is -5.04. The van der Waals surface area contributed by atoms with E-state index >= 15 is 0 Å². The van der Waals surface area contributed by atoms with Gasteiger partial charge >= 0.3 is 12.4 Å². The lowest BCUT2D eigenvalue weighted by molar-refractivity contribution is -0.143. The number of halogens is 6. The third-order valence-electron chi connectivity index (χ3n) is 3.11. The summed E-state index contributed by atoms with van der Waals surface area (Å²) in [7, 11) is 0. The summed E-state index contributed by atoms with van der Waals surface area (Å²) in [5.41, 5.74) is 1.23. The van der Waals surface area contributed by atoms with E-state index < -0.39 is 46.4 Å². The summed E-state index contributed by atoms with van der Waals surface area (Å²) in [5.74, 6) is -1.65. The molecule has 0 heterocycles. The molecule has 0 aliphatic carbocycles. The summed E-state index contributed by atoms with van der Waals surface area (Å²) in [6.07, 6.45) is -10.1. The Balaban J connectivity index is 2.45. The number of anilines is 2. The highest BCUT2D eigenvalue weighted by Crippen LogP contribution is 2.37. The SMILES string of the molecule is Nc1ccc(O)c(C(=O)Nc2cc(C(F)(F)F)cc(C(F)(F)F)c2)c1. The third-order valence-corrected chi connectivity index (χ3v) is 3.11. The van der Waals surface area contributed by atoms with Crippen molar-refractivity contribution < 1.29 is 36.2 Å². The number of phenols is 1. The minimum absolute atomic E-state index is 0.0619. The quantitative estimate of drug-likeness (QED) is 0.423. The van der Waals surface area contributed by atoms with Crippen molar-refractivity contribution in [3.63, 3.8) is 0 Å². The van der Waals surface area contributed by atoms with Gasteiger partial charge < -0.3 is 16.2 Å². The van der Waals surface area contributed by atoms with E-state index in [2.05, 4.69) is 0 Å². The van der Waals surface area contributed by atoms with Gasteiger partial charge in [0.15, 0.2) is 0 Å². The molecule has 1 amide bonds. The van der Waals surface area contributed by atoms with E-state index in [9.17, 15) is 36.2 Å². The number of phenolic OH excluding ortho intramolecular Hbond substituents is 1. The van der Waals surface area contributed by atoms with Crippen molar-refractivity contribution in [3.05, 3.63) is 53.1 Å². The average molecular weight is 364 g/mol. The maximum atomic E-state index is 12.8. The van der Waals surface area contributed by atoms with Gasteiger partial charge in [-0.1, -0.05) is 0 Å². The zero-order valence-corrected chi connectivity index (χ0v) is 12.2. The number of hydrogen-bond donors (Lipinski definition) is 3. The number of alkyl halides is 6. The van der Waals surface area contributed by atoms with Crippen LogP contribution in [-0.4, -0.2) is 11.0 Å². The molecule has 25 heavy (non-hydrogen) atoms. The molecule has 2 aromatic rings. The topological polar surface area (TPSA) is 75.3 Å². The van der Waals surface area contributed by atoms with Gasteiger partial charge in [-0.25, -0.2) is 0 Å². The van der Waals surface area contributed by atoms with E-state index in [-0.39, 0.29) is 11.8 Å². The highest BCUT2D eigenvalue weighted by Gasteiger charge is 2.37. The van der Waals surface area contributed by atoms with E-state index in [1.54, 1.807) is 0 Å². The predicted octanol–water partition coefficient (Wildman–Crippen LogP) is 4.26. The summed E-state index contributed by atoms with van der Waals surface area (Å²) in [4.78, 5) is 12.0. The largest absolute Gasteiger partial charge is 0.507 e. The Kier molecular flexibility index (Phi) is 4.56. The molecular weight excluding hydrogens is 354 g/mol. The second-order valence-electron chi connectivity index (χ2n) is 5.03. The van der Waals surface area contributed by atoms with Crippen molar-refractivity contribution in [2.45, 2.75) is 12.4 Å². The molecule has 0 saturated heterocycles. The van der Waals surface area contributed by atoms with Gasteiger partial charge in [-0.3, -0.25) is 4.79 Å². The molecule has 0 unspecified atom stereocenters. The molecule has 4 nitrogen and oxygen atoms in total. The van der Waals surface area contributed by atoms with Gasteiger partial charge in [-0.05, 0) is 36.4 Å². The lowest BCUT2D eigenvalue weighted by atomic mass is 10.1. The fraction of sp³-hybridized carbons (Fsp3) is 0.133. The fourth-order valence-corrected chi connectivity index (χ4v) is 1.96. The van der Waals surface area contributed by atoms with Crippen LogP contribution in [-0.2, 0) is 12.4 Å². The average Bonchev–Trinajstić information content (AvgIpc) is 2.47. The first-order chi connectivity index (χ1) is 11.4. The maximum Gasteiger partial charge on any atom is 0.416 e. The Labute approximate surface area is 136 Å². The molecule has 134 valence electrons. The van der Waals surface area contributed by atoms with Gasteiger partial charge in [0.2, 0.25) is 0 Å². The minimum Gasteiger partial charge on any atom is -0.507 e. The number of carbonyl (C=O) groups excluding carboxylic acids is 1. The van der Waals surface area contributed by atoms with Crippen LogP contribution in [0.15, 0.2) is 36.4 Å². The number of aromatic hydroxyl groups is 1. The molecule has 4 N–H and O–H groups in total. The molecule has 0 bridgehead atoms. The normalized spacial score (nSPS) is 12.1. The molecule has 0 atom stereocenters. The summed E-state index contributed by atoms with van der Waals surface area (Å²) in [6, 6.07) is 4.01. The molecule has 0 spiro atoms. The first kappa shape index (κ1) is 18.4. The second-order valence-corrected chi connectivity index (χ2v) is 5.03. The van der Waals surface area contributed by atoms with Crippen LogP contribution >= 0.6 is 0 Å². The highest BCUT2D eigenvalue weighted by molar-refractivity contribution is 6.06. The number of nitrogens with one attached hydrogen (secondary N) is 1. The van der Waals surface area contributed by atoms with E-state index in [0.29, 0.717) is 12.1 Å². The fourth-order valence-electron chi connectivity index (χ4n) is 1.96. The molecule has 0 aliphatic rings. The zero-order valence-electron chi connectivity index (χ0n) is 12.2. The van der Waals surface area contributed by atoms with Crippen LogP contribution in [0.2, 0.25) is 0 Å². The smallest absolute Gasteiger partial charge is 0.416 e. The molecule has 10 heteroatoms. The summed E-state index contributed by atoms with van der Waals surface area (Å²) < 4.78 is 76.7. The van der Waals surface area contributed by atoms with Gasteiger partial charge in [0, 0.05) is 11.4 Å². The predicted molar refractivity (Wildman–Crippen MR) is 76.9 cm³/mol. The Morgan fingerprint density at radius 3 is 1.92 bits per heavy atom. The monoisotopic (exact) mass is 364 g/mol. The summed E-state index contributed by atoms with van der Waals surface area (Å²) >= 11 is 0. The lowest BCUT2D eigenvalue weighted by Gasteiger charge is -2.15. The maximum absolute atomic E-state index is 12.8. The zero-order chi connectivity index (χ0) is 19.0. The van der Waals surface area contributed by atoms with Crippen LogP contribution in [0.25, 0.3) is 0 Å². The van der Waals surface area contributed by atoms with Gasteiger partial charge in [0.1, 0.15) is 5.75 Å². The van der Waals surface area contributed by atoms with Crippen molar-refractivity contribution in [3.8, 4) is 5.75 Å². The number of nitrogen functional groups attached to an aromatic ring is 1. The first-order valence-corrected chi connectivity index (χ1v) is 6.57. The Bertz CT molecular complexity index is 782. The van der Waals surface area contributed by atoms with Crippen LogP contribution in [0, 0.1) is 0 Å². The Hall–Kier alpha value is -2.91. The summed E-state index contributed by atoms with van der Waals surface area (Å²) in [5, 5.41) is 11.5. The standard InChI is InChI=1S/C15H10F6N2O2/c16-14(17,18)7-3-8(15(19,20)21)5-10(4-7)23-13(25)11-6-9(22)1-2-12(11)24/h1-6,24H,22H2,(H,23,25). The first-order valence-electron chi connectivity index (χ1n) is 6.57. The Morgan fingerprint density at radius 1 is 0.920 bits per heavy atom. The molecule has 0 saturated carbocycles. The van der Waals surface area contributed by atoms with Crippen LogP contribution < -0.4 is 11.1 Å².